The zero-order chi connectivity index (χ0) is 13.7. The summed E-state index contributed by atoms with van der Waals surface area (Å²) in [5.74, 6) is 2.21. The zero-order valence-corrected chi connectivity index (χ0v) is 16.2. The van der Waals surface area contributed by atoms with Crippen molar-refractivity contribution in [3.8, 4) is 0 Å². The van der Waals surface area contributed by atoms with Gasteiger partial charge in [-0.15, -0.1) is 35.3 Å². The van der Waals surface area contributed by atoms with Gasteiger partial charge in [-0.2, -0.15) is 11.8 Å². The minimum absolute atomic E-state index is 0. The lowest BCUT2D eigenvalue weighted by Crippen LogP contribution is -2.47. The van der Waals surface area contributed by atoms with E-state index in [1.54, 1.807) is 11.3 Å². The van der Waals surface area contributed by atoms with Crippen molar-refractivity contribution in [1.82, 2.24) is 15.2 Å². The van der Waals surface area contributed by atoms with E-state index in [1.807, 2.05) is 20.2 Å². The van der Waals surface area contributed by atoms with Crippen LogP contribution < -0.4 is 5.32 Å². The number of hydrogen-bond acceptors (Lipinski definition) is 4. The third kappa shape index (κ3) is 5.07. The zero-order valence-electron chi connectivity index (χ0n) is 12.3. The molecule has 1 aliphatic rings. The first kappa shape index (κ1) is 18.0. The third-order valence-electron chi connectivity index (χ3n) is 3.20. The van der Waals surface area contributed by atoms with E-state index in [9.17, 15) is 0 Å². The maximum atomic E-state index is 4.41. The molecule has 1 aromatic heterocycles. The minimum atomic E-state index is 0. The molecule has 114 valence electrons. The fourth-order valence-corrected chi connectivity index (χ4v) is 4.06. The topological polar surface area (TPSA) is 40.5 Å². The molecule has 0 aromatic carbocycles. The molecule has 7 heteroatoms. The Kier molecular flexibility index (Phi) is 8.20. The summed E-state index contributed by atoms with van der Waals surface area (Å²) in [5.41, 5.74) is 0. The quantitative estimate of drug-likeness (QED) is 0.459. The molecule has 0 saturated carbocycles. The lowest BCUT2D eigenvalue weighted by atomic mass is 10.3. The van der Waals surface area contributed by atoms with Gasteiger partial charge >= 0.3 is 0 Å². The van der Waals surface area contributed by atoms with Crippen molar-refractivity contribution < 1.29 is 0 Å². The number of nitrogens with zero attached hydrogens (tertiary/aromatic N) is 3. The van der Waals surface area contributed by atoms with Crippen molar-refractivity contribution in [2.45, 2.75) is 32.1 Å². The van der Waals surface area contributed by atoms with Gasteiger partial charge in [-0.25, -0.2) is 4.98 Å². The van der Waals surface area contributed by atoms with Crippen LogP contribution in [0.25, 0.3) is 0 Å². The number of hydrogen-bond donors (Lipinski definition) is 1. The highest BCUT2D eigenvalue weighted by molar-refractivity contribution is 14.0. The Labute approximate surface area is 146 Å². The van der Waals surface area contributed by atoms with E-state index in [4.69, 9.17) is 0 Å². The van der Waals surface area contributed by atoms with Crippen molar-refractivity contribution in [2.24, 2.45) is 4.99 Å². The lowest BCUT2D eigenvalue weighted by molar-refractivity contribution is 0.408. The second-order valence-corrected chi connectivity index (χ2v) is 7.32. The standard InChI is InChI=1S/C13H22N4S2.HI/c1-4-11-9-17(5-6-18-11)13(14-3)16-8-12-7-15-10(2)19-12;/h7,11H,4-6,8-9H2,1-3H3,(H,14,16);1H. The molecule has 1 N–H and O–H groups in total. The molecule has 0 amide bonds. The number of aryl methyl sites for hydroxylation is 1. The number of halogens is 1. The van der Waals surface area contributed by atoms with Gasteiger partial charge in [0.25, 0.3) is 0 Å². The largest absolute Gasteiger partial charge is 0.351 e. The smallest absolute Gasteiger partial charge is 0.194 e. The highest BCUT2D eigenvalue weighted by atomic mass is 127. The SMILES string of the molecule is CCC1CN(C(=NC)NCc2cnc(C)s2)CCS1.I. The number of thioether (sulfide) groups is 1. The van der Waals surface area contributed by atoms with Gasteiger partial charge in [-0.05, 0) is 13.3 Å². The molecule has 0 radical (unpaired) electrons. The van der Waals surface area contributed by atoms with Crippen molar-refractivity contribution in [3.63, 3.8) is 0 Å². The summed E-state index contributed by atoms with van der Waals surface area (Å²) >= 11 is 3.82. The first-order chi connectivity index (χ1) is 9.22. The van der Waals surface area contributed by atoms with Crippen LogP contribution in [0.3, 0.4) is 0 Å². The molecule has 0 spiro atoms. The second kappa shape index (κ2) is 9.09. The summed E-state index contributed by atoms with van der Waals surface area (Å²) in [5, 5.41) is 5.30. The van der Waals surface area contributed by atoms with Gasteiger partial charge in [0, 0.05) is 42.2 Å². The van der Waals surface area contributed by atoms with Crippen LogP contribution in [0.1, 0.15) is 23.2 Å². The normalized spacial score (nSPS) is 19.6. The summed E-state index contributed by atoms with van der Waals surface area (Å²) < 4.78 is 0. The predicted octanol–water partition coefficient (Wildman–Crippen LogP) is 2.97. The monoisotopic (exact) mass is 426 g/mol. The average Bonchev–Trinajstić information content (AvgIpc) is 2.85. The van der Waals surface area contributed by atoms with Crippen LogP contribution in [0.4, 0.5) is 0 Å². The van der Waals surface area contributed by atoms with Crippen LogP contribution in [0.2, 0.25) is 0 Å². The maximum absolute atomic E-state index is 4.41. The van der Waals surface area contributed by atoms with E-state index in [0.29, 0.717) is 0 Å². The van der Waals surface area contributed by atoms with Crippen molar-refractivity contribution in [1.29, 1.82) is 0 Å². The molecule has 0 aliphatic carbocycles. The van der Waals surface area contributed by atoms with E-state index < -0.39 is 0 Å². The molecule has 1 saturated heterocycles. The number of rotatable bonds is 3. The highest BCUT2D eigenvalue weighted by Crippen LogP contribution is 2.21. The molecule has 20 heavy (non-hydrogen) atoms. The Bertz CT molecular complexity index is 436. The Morgan fingerprint density at radius 3 is 3.00 bits per heavy atom. The fourth-order valence-electron chi connectivity index (χ4n) is 2.14. The molecule has 1 unspecified atom stereocenters. The number of thiazole rings is 1. The van der Waals surface area contributed by atoms with Gasteiger partial charge in [0.15, 0.2) is 5.96 Å². The molecular formula is C13H23IN4S2. The molecule has 1 aromatic rings. The first-order valence-corrected chi connectivity index (χ1v) is 8.58. The second-order valence-electron chi connectivity index (χ2n) is 4.59. The summed E-state index contributed by atoms with van der Waals surface area (Å²) in [7, 11) is 1.86. The van der Waals surface area contributed by atoms with Crippen LogP contribution in [-0.2, 0) is 6.54 Å². The molecule has 2 rings (SSSR count). The molecule has 1 aliphatic heterocycles. The van der Waals surface area contributed by atoms with Crippen molar-refractivity contribution in [3.05, 3.63) is 16.1 Å². The van der Waals surface area contributed by atoms with E-state index in [-0.39, 0.29) is 24.0 Å². The minimum Gasteiger partial charge on any atom is -0.351 e. The van der Waals surface area contributed by atoms with Gasteiger partial charge in [-0.3, -0.25) is 4.99 Å². The van der Waals surface area contributed by atoms with E-state index in [1.165, 1.54) is 17.1 Å². The van der Waals surface area contributed by atoms with Gasteiger partial charge in [-0.1, -0.05) is 6.92 Å². The van der Waals surface area contributed by atoms with Crippen LogP contribution in [0.5, 0.6) is 0 Å². The lowest BCUT2D eigenvalue weighted by Gasteiger charge is -2.34. The highest BCUT2D eigenvalue weighted by Gasteiger charge is 2.21. The third-order valence-corrected chi connectivity index (χ3v) is 5.48. The predicted molar refractivity (Wildman–Crippen MR) is 101 cm³/mol. The Morgan fingerprint density at radius 2 is 2.40 bits per heavy atom. The molecule has 2 heterocycles. The van der Waals surface area contributed by atoms with Crippen LogP contribution >= 0.6 is 47.1 Å². The van der Waals surface area contributed by atoms with E-state index in [0.717, 1.165) is 35.9 Å². The van der Waals surface area contributed by atoms with Gasteiger partial charge in [0.1, 0.15) is 0 Å². The summed E-state index contributed by atoms with van der Waals surface area (Å²) in [6.07, 6.45) is 3.17. The molecule has 0 bridgehead atoms. The summed E-state index contributed by atoms with van der Waals surface area (Å²) in [6, 6.07) is 0. The van der Waals surface area contributed by atoms with E-state index >= 15 is 0 Å². The molecule has 4 nitrogen and oxygen atoms in total. The molecular weight excluding hydrogens is 403 g/mol. The average molecular weight is 426 g/mol. The van der Waals surface area contributed by atoms with Crippen LogP contribution in [0, 0.1) is 6.92 Å². The van der Waals surface area contributed by atoms with E-state index in [2.05, 4.69) is 38.9 Å². The Morgan fingerprint density at radius 1 is 1.60 bits per heavy atom. The maximum Gasteiger partial charge on any atom is 0.194 e. The van der Waals surface area contributed by atoms with Crippen LogP contribution in [0.15, 0.2) is 11.2 Å². The fraction of sp³-hybridized carbons (Fsp3) is 0.692. The van der Waals surface area contributed by atoms with Crippen molar-refractivity contribution in [2.75, 3.05) is 25.9 Å². The van der Waals surface area contributed by atoms with Crippen molar-refractivity contribution >= 4 is 53.0 Å². The Balaban J connectivity index is 0.00000200. The Hall–Kier alpha value is -0.0200. The number of aromatic nitrogens is 1. The van der Waals surface area contributed by atoms with Gasteiger partial charge in [0.2, 0.25) is 0 Å². The number of guanidine groups is 1. The summed E-state index contributed by atoms with van der Waals surface area (Å²) in [4.78, 5) is 12.3. The molecule has 1 atom stereocenters. The number of aliphatic imine (C=N–C) groups is 1. The summed E-state index contributed by atoms with van der Waals surface area (Å²) in [6.45, 7) is 7.30. The number of nitrogens with one attached hydrogen (secondary N) is 1. The van der Waals surface area contributed by atoms with Gasteiger partial charge in [0.05, 0.1) is 11.6 Å². The molecule has 1 fully saturated rings. The van der Waals surface area contributed by atoms with Gasteiger partial charge < -0.3 is 10.2 Å². The van der Waals surface area contributed by atoms with Crippen LogP contribution in [-0.4, -0.2) is 47.0 Å². The first-order valence-electron chi connectivity index (χ1n) is 6.71.